The summed E-state index contributed by atoms with van der Waals surface area (Å²) in [6.07, 6.45) is 0.669. The lowest BCUT2D eigenvalue weighted by Gasteiger charge is -2.07. The molecule has 0 radical (unpaired) electrons. The van der Waals surface area contributed by atoms with Crippen LogP contribution in [0.2, 0.25) is 0 Å². The molecule has 21 heavy (non-hydrogen) atoms. The molecule has 2 aromatic rings. The number of carbonyl (C=O) groups is 1. The van der Waals surface area contributed by atoms with E-state index in [9.17, 15) is 9.90 Å². The molecule has 0 aliphatic carbocycles. The molecule has 4 nitrogen and oxygen atoms in total. The van der Waals surface area contributed by atoms with E-state index in [-0.39, 0.29) is 18.1 Å². The molecule has 1 amide bonds. The second kappa shape index (κ2) is 6.85. The molecular weight excluding hydrogens is 284 g/mol. The van der Waals surface area contributed by atoms with E-state index < -0.39 is 0 Å². The zero-order valence-electron chi connectivity index (χ0n) is 11.4. The Morgan fingerprint density at radius 2 is 1.76 bits per heavy atom. The van der Waals surface area contributed by atoms with E-state index in [1.807, 2.05) is 12.1 Å². The molecule has 108 valence electrons. The molecule has 0 spiro atoms. The maximum atomic E-state index is 11.9. The maximum absolute atomic E-state index is 11.9. The average Bonchev–Trinajstić information content (AvgIpc) is 2.43. The van der Waals surface area contributed by atoms with Crippen LogP contribution < -0.4 is 11.1 Å². The number of hydrogen-bond acceptors (Lipinski definition) is 3. The molecule has 2 rings (SSSR count). The summed E-state index contributed by atoms with van der Waals surface area (Å²) in [5.41, 5.74) is 7.78. The molecule has 0 aliphatic heterocycles. The van der Waals surface area contributed by atoms with Gasteiger partial charge < -0.3 is 16.2 Å². The quantitative estimate of drug-likeness (QED) is 0.741. The van der Waals surface area contributed by atoms with Crippen molar-refractivity contribution in [3.63, 3.8) is 0 Å². The molecule has 0 aromatic heterocycles. The van der Waals surface area contributed by atoms with Crippen LogP contribution in [0.1, 0.15) is 11.1 Å². The van der Waals surface area contributed by atoms with Gasteiger partial charge in [0.1, 0.15) is 5.75 Å². The Bertz CT molecular complexity index is 654. The number of para-hydroxylation sites is 1. The van der Waals surface area contributed by atoms with Gasteiger partial charge in [0.05, 0.1) is 11.4 Å². The standard InChI is InChI=1S/C16H16N2O2S/c17-15(21)9-11-5-7-13(8-6-11)18-16(20)10-12-3-1-2-4-14(12)19/h1-8,19H,9-10H2,(H2,17,21)(H,18,20). The van der Waals surface area contributed by atoms with Gasteiger partial charge in [-0.15, -0.1) is 0 Å². The second-order valence-corrected chi connectivity index (χ2v) is 5.22. The summed E-state index contributed by atoms with van der Waals surface area (Å²) in [4.78, 5) is 12.4. The Hall–Kier alpha value is -2.40. The summed E-state index contributed by atoms with van der Waals surface area (Å²) in [6.45, 7) is 0. The van der Waals surface area contributed by atoms with Crippen molar-refractivity contribution in [2.24, 2.45) is 5.73 Å². The Kier molecular flexibility index (Phi) is 4.90. The molecule has 0 atom stereocenters. The topological polar surface area (TPSA) is 75.3 Å². The van der Waals surface area contributed by atoms with Crippen molar-refractivity contribution in [3.8, 4) is 5.75 Å². The van der Waals surface area contributed by atoms with Gasteiger partial charge in [-0.3, -0.25) is 4.79 Å². The maximum Gasteiger partial charge on any atom is 0.228 e. The van der Waals surface area contributed by atoms with E-state index in [1.54, 1.807) is 36.4 Å². The number of nitrogens with two attached hydrogens (primary N) is 1. The first-order valence-electron chi connectivity index (χ1n) is 6.48. The highest BCUT2D eigenvalue weighted by Gasteiger charge is 2.07. The van der Waals surface area contributed by atoms with Gasteiger partial charge >= 0.3 is 0 Å². The first-order chi connectivity index (χ1) is 10.0. The lowest BCUT2D eigenvalue weighted by atomic mass is 10.1. The third-order valence-corrected chi connectivity index (χ3v) is 3.10. The van der Waals surface area contributed by atoms with Gasteiger partial charge in [0.2, 0.25) is 5.91 Å². The van der Waals surface area contributed by atoms with Gasteiger partial charge in [-0.05, 0) is 23.8 Å². The molecule has 2 aromatic carbocycles. The Balaban J connectivity index is 1.96. The predicted octanol–water partition coefficient (Wildman–Crippen LogP) is 2.40. The molecule has 5 heteroatoms. The largest absolute Gasteiger partial charge is 0.508 e. The molecule has 0 bridgehead atoms. The molecule has 0 saturated carbocycles. The number of phenols is 1. The second-order valence-electron chi connectivity index (χ2n) is 4.69. The normalized spacial score (nSPS) is 10.1. The minimum absolute atomic E-state index is 0.124. The fraction of sp³-hybridized carbons (Fsp3) is 0.125. The number of phenolic OH excluding ortho intramolecular Hbond substituents is 1. The van der Waals surface area contributed by atoms with Crippen molar-refractivity contribution in [2.75, 3.05) is 5.32 Å². The lowest BCUT2D eigenvalue weighted by molar-refractivity contribution is -0.115. The van der Waals surface area contributed by atoms with Gasteiger partial charge in [0.25, 0.3) is 0 Å². The summed E-state index contributed by atoms with van der Waals surface area (Å²) in [5.74, 6) is -0.0574. The number of carbonyl (C=O) groups excluding carboxylic acids is 1. The third-order valence-electron chi connectivity index (χ3n) is 2.96. The van der Waals surface area contributed by atoms with Crippen LogP contribution in [0.4, 0.5) is 5.69 Å². The van der Waals surface area contributed by atoms with Crippen molar-refractivity contribution < 1.29 is 9.90 Å². The van der Waals surface area contributed by atoms with Crippen LogP contribution in [-0.4, -0.2) is 16.0 Å². The molecule has 0 saturated heterocycles. The van der Waals surface area contributed by atoms with Crippen molar-refractivity contribution in [1.29, 1.82) is 0 Å². The van der Waals surface area contributed by atoms with E-state index in [0.717, 1.165) is 5.56 Å². The van der Waals surface area contributed by atoms with Gasteiger partial charge in [-0.1, -0.05) is 42.5 Å². The zero-order chi connectivity index (χ0) is 15.2. The minimum atomic E-state index is -0.182. The predicted molar refractivity (Wildman–Crippen MR) is 87.4 cm³/mol. The highest BCUT2D eigenvalue weighted by molar-refractivity contribution is 7.80. The van der Waals surface area contributed by atoms with Gasteiger partial charge in [-0.2, -0.15) is 0 Å². The number of amides is 1. The molecule has 4 N–H and O–H groups in total. The van der Waals surface area contributed by atoms with Crippen molar-refractivity contribution in [2.45, 2.75) is 12.8 Å². The van der Waals surface area contributed by atoms with Crippen LogP contribution in [0, 0.1) is 0 Å². The van der Waals surface area contributed by atoms with Crippen molar-refractivity contribution >= 4 is 28.8 Å². The number of nitrogens with one attached hydrogen (secondary N) is 1. The van der Waals surface area contributed by atoms with E-state index in [1.165, 1.54) is 0 Å². The van der Waals surface area contributed by atoms with Crippen LogP contribution in [0.25, 0.3) is 0 Å². The first kappa shape index (κ1) is 15.0. The summed E-state index contributed by atoms with van der Waals surface area (Å²) < 4.78 is 0. The van der Waals surface area contributed by atoms with Gasteiger partial charge in [-0.25, -0.2) is 0 Å². The van der Waals surface area contributed by atoms with Crippen LogP contribution >= 0.6 is 12.2 Å². The first-order valence-corrected chi connectivity index (χ1v) is 6.89. The smallest absolute Gasteiger partial charge is 0.228 e. The lowest BCUT2D eigenvalue weighted by Crippen LogP contribution is -2.14. The Morgan fingerprint density at radius 3 is 2.38 bits per heavy atom. The molecule has 0 unspecified atom stereocenters. The highest BCUT2D eigenvalue weighted by atomic mass is 32.1. The Morgan fingerprint density at radius 1 is 1.10 bits per heavy atom. The van der Waals surface area contributed by atoms with Crippen LogP contribution in [-0.2, 0) is 17.6 Å². The average molecular weight is 300 g/mol. The van der Waals surface area contributed by atoms with Gasteiger partial charge in [0.15, 0.2) is 0 Å². The van der Waals surface area contributed by atoms with Crippen LogP contribution in [0.3, 0.4) is 0 Å². The monoisotopic (exact) mass is 300 g/mol. The fourth-order valence-electron chi connectivity index (χ4n) is 1.95. The number of rotatable bonds is 5. The van der Waals surface area contributed by atoms with Gasteiger partial charge in [0, 0.05) is 17.7 Å². The number of thiocarbonyl (C=S) groups is 1. The molecule has 0 fully saturated rings. The van der Waals surface area contributed by atoms with Crippen molar-refractivity contribution in [1.82, 2.24) is 0 Å². The van der Waals surface area contributed by atoms with Crippen LogP contribution in [0.15, 0.2) is 48.5 Å². The summed E-state index contributed by atoms with van der Waals surface area (Å²) in [6, 6.07) is 14.1. The summed E-state index contributed by atoms with van der Waals surface area (Å²) in [5, 5.41) is 12.4. The minimum Gasteiger partial charge on any atom is -0.508 e. The molecule has 0 heterocycles. The van der Waals surface area contributed by atoms with Crippen LogP contribution in [0.5, 0.6) is 5.75 Å². The van der Waals surface area contributed by atoms with E-state index in [2.05, 4.69) is 5.32 Å². The van der Waals surface area contributed by atoms with E-state index in [0.29, 0.717) is 22.7 Å². The number of aromatic hydroxyl groups is 1. The fourth-order valence-corrected chi connectivity index (χ4v) is 2.11. The number of benzene rings is 2. The summed E-state index contributed by atoms with van der Waals surface area (Å²) in [7, 11) is 0. The zero-order valence-corrected chi connectivity index (χ0v) is 12.2. The van der Waals surface area contributed by atoms with E-state index in [4.69, 9.17) is 18.0 Å². The Labute approximate surface area is 128 Å². The molecule has 0 aliphatic rings. The highest BCUT2D eigenvalue weighted by Crippen LogP contribution is 2.17. The van der Waals surface area contributed by atoms with Crippen molar-refractivity contribution in [3.05, 3.63) is 59.7 Å². The van der Waals surface area contributed by atoms with E-state index >= 15 is 0 Å². The summed E-state index contributed by atoms with van der Waals surface area (Å²) >= 11 is 4.85. The number of anilines is 1. The number of hydrogen-bond donors (Lipinski definition) is 3. The third kappa shape index (κ3) is 4.57. The molecular formula is C16H16N2O2S. The SMILES string of the molecule is NC(=S)Cc1ccc(NC(=O)Cc2ccccc2O)cc1.